The number of hydrogen-bond donors (Lipinski definition) is 0. The van der Waals surface area contributed by atoms with E-state index in [1.807, 2.05) is 30.3 Å². The Labute approximate surface area is 95.2 Å². The summed E-state index contributed by atoms with van der Waals surface area (Å²) in [5, 5.41) is 8.63. The van der Waals surface area contributed by atoms with Gasteiger partial charge in [-0.15, -0.1) is 0 Å². The third-order valence-electron chi connectivity index (χ3n) is 2.39. The van der Waals surface area contributed by atoms with Crippen LogP contribution in [-0.2, 0) is 12.8 Å². The Morgan fingerprint density at radius 1 is 1.06 bits per heavy atom. The van der Waals surface area contributed by atoms with Gasteiger partial charge in [-0.05, 0) is 23.3 Å². The van der Waals surface area contributed by atoms with Crippen molar-refractivity contribution in [3.8, 4) is 6.07 Å². The summed E-state index contributed by atoms with van der Waals surface area (Å²) in [7, 11) is 0. The largest absolute Gasteiger partial charge is 0.261 e. The molecule has 0 aliphatic carbocycles. The average molecular weight is 208 g/mol. The zero-order chi connectivity index (χ0) is 11.2. The topological polar surface area (TPSA) is 36.7 Å². The highest BCUT2D eigenvalue weighted by Crippen LogP contribution is 2.09. The van der Waals surface area contributed by atoms with Crippen LogP contribution < -0.4 is 0 Å². The van der Waals surface area contributed by atoms with Crippen LogP contribution in [0.4, 0.5) is 0 Å². The van der Waals surface area contributed by atoms with E-state index in [2.05, 4.69) is 23.2 Å². The summed E-state index contributed by atoms with van der Waals surface area (Å²) in [5.41, 5.74) is 3.28. The summed E-state index contributed by atoms with van der Waals surface area (Å²) in [4.78, 5) is 4.31. The van der Waals surface area contributed by atoms with E-state index in [-0.39, 0.29) is 0 Å². The van der Waals surface area contributed by atoms with Crippen LogP contribution in [0.3, 0.4) is 0 Å². The van der Waals surface area contributed by atoms with E-state index in [1.165, 1.54) is 5.56 Å². The lowest BCUT2D eigenvalue weighted by Crippen LogP contribution is -1.93. The van der Waals surface area contributed by atoms with Gasteiger partial charge in [-0.25, -0.2) is 0 Å². The van der Waals surface area contributed by atoms with Gasteiger partial charge < -0.3 is 0 Å². The third-order valence-corrected chi connectivity index (χ3v) is 2.39. The summed E-state index contributed by atoms with van der Waals surface area (Å²) in [6, 6.07) is 16.2. The van der Waals surface area contributed by atoms with Crippen molar-refractivity contribution in [3.05, 3.63) is 65.5 Å². The normalized spacial score (nSPS) is 9.69. The van der Waals surface area contributed by atoms with Crippen molar-refractivity contribution in [1.82, 2.24) is 4.98 Å². The molecular formula is C14H12N2. The van der Waals surface area contributed by atoms with E-state index in [0.717, 1.165) is 17.7 Å². The van der Waals surface area contributed by atoms with Gasteiger partial charge in [0.2, 0.25) is 0 Å². The van der Waals surface area contributed by atoms with Gasteiger partial charge in [-0.2, -0.15) is 5.26 Å². The SMILES string of the molecule is N#CCc1ccnc(Cc2ccccc2)c1. The van der Waals surface area contributed by atoms with Crippen molar-refractivity contribution in [1.29, 1.82) is 5.26 Å². The van der Waals surface area contributed by atoms with E-state index in [0.29, 0.717) is 6.42 Å². The second-order valence-corrected chi connectivity index (χ2v) is 3.65. The summed E-state index contributed by atoms with van der Waals surface area (Å²) in [5.74, 6) is 0. The van der Waals surface area contributed by atoms with Crippen LogP contribution in [0.25, 0.3) is 0 Å². The first-order chi connectivity index (χ1) is 7.88. The number of pyridine rings is 1. The van der Waals surface area contributed by atoms with Crippen LogP contribution in [0.2, 0.25) is 0 Å². The zero-order valence-corrected chi connectivity index (χ0v) is 8.93. The van der Waals surface area contributed by atoms with E-state index in [1.54, 1.807) is 6.20 Å². The standard InChI is InChI=1S/C14H12N2/c15-8-6-13-7-9-16-14(11-13)10-12-4-2-1-3-5-12/h1-5,7,9,11H,6,10H2. The lowest BCUT2D eigenvalue weighted by molar-refractivity contribution is 1.05. The molecule has 0 fully saturated rings. The van der Waals surface area contributed by atoms with Crippen molar-refractivity contribution in [2.45, 2.75) is 12.8 Å². The average Bonchev–Trinajstić information content (AvgIpc) is 2.31. The molecule has 2 aromatic rings. The first-order valence-corrected chi connectivity index (χ1v) is 5.23. The third kappa shape index (κ3) is 2.68. The number of nitrogens with zero attached hydrogens (tertiary/aromatic N) is 2. The Bertz CT molecular complexity index is 498. The molecule has 0 aliphatic rings. The van der Waals surface area contributed by atoms with Crippen LogP contribution in [0.1, 0.15) is 16.8 Å². The Hall–Kier alpha value is -2.14. The molecule has 1 heterocycles. The molecule has 78 valence electrons. The lowest BCUT2D eigenvalue weighted by Gasteiger charge is -2.02. The van der Waals surface area contributed by atoms with E-state index < -0.39 is 0 Å². The molecule has 2 nitrogen and oxygen atoms in total. The molecule has 0 aliphatic heterocycles. The van der Waals surface area contributed by atoms with E-state index in [9.17, 15) is 0 Å². The highest BCUT2D eigenvalue weighted by molar-refractivity contribution is 5.25. The van der Waals surface area contributed by atoms with Crippen molar-refractivity contribution < 1.29 is 0 Å². The number of rotatable bonds is 3. The smallest absolute Gasteiger partial charge is 0.0669 e. The van der Waals surface area contributed by atoms with Gasteiger partial charge >= 0.3 is 0 Å². The molecule has 1 aromatic carbocycles. The van der Waals surface area contributed by atoms with Gasteiger partial charge in [0, 0.05) is 18.3 Å². The fourth-order valence-electron chi connectivity index (χ4n) is 1.63. The van der Waals surface area contributed by atoms with Gasteiger partial charge in [0.05, 0.1) is 12.5 Å². The molecule has 0 spiro atoms. The number of benzene rings is 1. The predicted octanol–water partition coefficient (Wildman–Crippen LogP) is 2.74. The molecule has 1 aromatic heterocycles. The first-order valence-electron chi connectivity index (χ1n) is 5.23. The Morgan fingerprint density at radius 3 is 2.62 bits per heavy atom. The summed E-state index contributed by atoms with van der Waals surface area (Å²) >= 11 is 0. The van der Waals surface area contributed by atoms with Crippen molar-refractivity contribution in [3.63, 3.8) is 0 Å². The minimum atomic E-state index is 0.449. The second-order valence-electron chi connectivity index (χ2n) is 3.65. The molecule has 2 heteroatoms. The van der Waals surface area contributed by atoms with Crippen LogP contribution in [0, 0.1) is 11.3 Å². The van der Waals surface area contributed by atoms with Gasteiger partial charge in [-0.1, -0.05) is 30.3 Å². The molecule has 0 radical (unpaired) electrons. The maximum Gasteiger partial charge on any atom is 0.0669 e. The Balaban J connectivity index is 2.16. The number of nitriles is 1. The summed E-state index contributed by atoms with van der Waals surface area (Å²) < 4.78 is 0. The van der Waals surface area contributed by atoms with Crippen LogP contribution in [0.15, 0.2) is 48.7 Å². The van der Waals surface area contributed by atoms with Crippen molar-refractivity contribution >= 4 is 0 Å². The number of aromatic nitrogens is 1. The fourth-order valence-corrected chi connectivity index (χ4v) is 1.63. The molecule has 2 rings (SSSR count). The first kappa shape index (κ1) is 10.4. The van der Waals surface area contributed by atoms with E-state index in [4.69, 9.17) is 5.26 Å². The van der Waals surface area contributed by atoms with Crippen molar-refractivity contribution in [2.24, 2.45) is 0 Å². The molecule has 0 atom stereocenters. The van der Waals surface area contributed by atoms with Crippen LogP contribution in [-0.4, -0.2) is 4.98 Å². The fraction of sp³-hybridized carbons (Fsp3) is 0.143. The van der Waals surface area contributed by atoms with Crippen LogP contribution in [0.5, 0.6) is 0 Å². The molecule has 0 bridgehead atoms. The lowest BCUT2D eigenvalue weighted by atomic mass is 10.1. The predicted molar refractivity (Wildman–Crippen MR) is 62.8 cm³/mol. The van der Waals surface area contributed by atoms with Gasteiger partial charge in [0.1, 0.15) is 0 Å². The number of hydrogen-bond acceptors (Lipinski definition) is 2. The molecule has 0 unspecified atom stereocenters. The van der Waals surface area contributed by atoms with Gasteiger partial charge in [-0.3, -0.25) is 4.98 Å². The van der Waals surface area contributed by atoms with Crippen LogP contribution >= 0.6 is 0 Å². The quantitative estimate of drug-likeness (QED) is 0.777. The zero-order valence-electron chi connectivity index (χ0n) is 8.93. The molecule has 0 amide bonds. The molecule has 0 saturated heterocycles. The molecule has 16 heavy (non-hydrogen) atoms. The van der Waals surface area contributed by atoms with E-state index >= 15 is 0 Å². The maximum absolute atomic E-state index is 8.63. The highest BCUT2D eigenvalue weighted by Gasteiger charge is 1.98. The van der Waals surface area contributed by atoms with Crippen molar-refractivity contribution in [2.75, 3.05) is 0 Å². The second kappa shape index (κ2) is 5.09. The minimum Gasteiger partial charge on any atom is -0.261 e. The Kier molecular flexibility index (Phi) is 3.30. The monoisotopic (exact) mass is 208 g/mol. The Morgan fingerprint density at radius 2 is 1.88 bits per heavy atom. The molecule has 0 N–H and O–H groups in total. The minimum absolute atomic E-state index is 0.449. The molecule has 0 saturated carbocycles. The maximum atomic E-state index is 8.63. The highest BCUT2D eigenvalue weighted by atomic mass is 14.7. The van der Waals surface area contributed by atoms with Gasteiger partial charge in [0.15, 0.2) is 0 Å². The molecular weight excluding hydrogens is 196 g/mol. The summed E-state index contributed by atoms with van der Waals surface area (Å²) in [6.07, 6.45) is 3.04. The summed E-state index contributed by atoms with van der Waals surface area (Å²) in [6.45, 7) is 0. The van der Waals surface area contributed by atoms with Gasteiger partial charge in [0.25, 0.3) is 0 Å².